The maximum absolute atomic E-state index is 12.3. The van der Waals surface area contributed by atoms with Crippen LogP contribution in [0, 0.1) is 0 Å². The first kappa shape index (κ1) is 17.9. The second-order valence-electron chi connectivity index (χ2n) is 7.32. The van der Waals surface area contributed by atoms with Crippen LogP contribution in [-0.2, 0) is 13.1 Å². The SMILES string of the molecule is COc1ccc(CN2Cc3ccnn3C(CNC(=O)N3CCCC3)C2)cc1. The zero-order valence-electron chi connectivity index (χ0n) is 15.8. The van der Waals surface area contributed by atoms with Gasteiger partial charge in [-0.25, -0.2) is 4.79 Å². The number of ether oxygens (including phenoxy) is 1. The fourth-order valence-electron chi connectivity index (χ4n) is 3.96. The summed E-state index contributed by atoms with van der Waals surface area (Å²) in [4.78, 5) is 16.6. The van der Waals surface area contributed by atoms with Gasteiger partial charge in [-0.15, -0.1) is 0 Å². The predicted octanol–water partition coefficient (Wildman–Crippen LogP) is 2.25. The smallest absolute Gasteiger partial charge is 0.317 e. The zero-order valence-corrected chi connectivity index (χ0v) is 15.8. The van der Waals surface area contributed by atoms with Gasteiger partial charge >= 0.3 is 6.03 Å². The Kier molecular flexibility index (Phi) is 5.29. The third-order valence-electron chi connectivity index (χ3n) is 5.40. The number of nitrogens with zero attached hydrogens (tertiary/aromatic N) is 4. The van der Waals surface area contributed by atoms with Crippen molar-refractivity contribution in [2.45, 2.75) is 32.0 Å². The molecule has 0 bridgehead atoms. The molecule has 1 N–H and O–H groups in total. The van der Waals surface area contributed by atoms with Crippen LogP contribution in [0.1, 0.15) is 30.1 Å². The molecule has 1 aromatic carbocycles. The first-order chi connectivity index (χ1) is 13.2. The molecule has 3 heterocycles. The van der Waals surface area contributed by atoms with Crippen LogP contribution in [0.25, 0.3) is 0 Å². The summed E-state index contributed by atoms with van der Waals surface area (Å²) in [6, 6.07) is 10.5. The molecule has 0 aliphatic carbocycles. The molecule has 2 aromatic rings. The van der Waals surface area contributed by atoms with Gasteiger partial charge in [0.2, 0.25) is 0 Å². The third-order valence-corrected chi connectivity index (χ3v) is 5.40. The van der Waals surface area contributed by atoms with E-state index < -0.39 is 0 Å². The molecule has 4 rings (SSSR count). The third kappa shape index (κ3) is 4.08. The molecular formula is C20H27N5O2. The summed E-state index contributed by atoms with van der Waals surface area (Å²) in [5.74, 6) is 0.873. The lowest BCUT2D eigenvalue weighted by Gasteiger charge is -2.34. The molecule has 0 spiro atoms. The topological polar surface area (TPSA) is 62.6 Å². The van der Waals surface area contributed by atoms with Crippen LogP contribution in [0.2, 0.25) is 0 Å². The largest absolute Gasteiger partial charge is 0.497 e. The Morgan fingerprint density at radius 3 is 2.74 bits per heavy atom. The number of nitrogens with one attached hydrogen (secondary N) is 1. The van der Waals surface area contributed by atoms with Gasteiger partial charge in [-0.2, -0.15) is 5.10 Å². The fourth-order valence-corrected chi connectivity index (χ4v) is 3.96. The number of methoxy groups -OCH3 is 1. The Labute approximate surface area is 159 Å². The normalized spacial score (nSPS) is 19.7. The summed E-state index contributed by atoms with van der Waals surface area (Å²) < 4.78 is 7.30. The van der Waals surface area contributed by atoms with E-state index in [2.05, 4.69) is 38.2 Å². The summed E-state index contributed by atoms with van der Waals surface area (Å²) in [6.45, 7) is 4.93. The highest BCUT2D eigenvalue weighted by atomic mass is 16.5. The Hall–Kier alpha value is -2.54. The average molecular weight is 369 g/mol. The van der Waals surface area contributed by atoms with E-state index in [-0.39, 0.29) is 12.1 Å². The molecule has 1 saturated heterocycles. The second kappa shape index (κ2) is 8.00. The second-order valence-corrected chi connectivity index (χ2v) is 7.32. The molecule has 27 heavy (non-hydrogen) atoms. The molecule has 7 nitrogen and oxygen atoms in total. The van der Waals surface area contributed by atoms with Crippen molar-refractivity contribution < 1.29 is 9.53 Å². The molecule has 1 aromatic heterocycles. The molecule has 1 atom stereocenters. The number of aromatic nitrogens is 2. The summed E-state index contributed by atoms with van der Waals surface area (Å²) in [5.41, 5.74) is 2.44. The van der Waals surface area contributed by atoms with E-state index in [9.17, 15) is 4.79 Å². The Bertz CT molecular complexity index is 767. The lowest BCUT2D eigenvalue weighted by Crippen LogP contribution is -2.45. The average Bonchev–Trinajstić information content (AvgIpc) is 3.38. The van der Waals surface area contributed by atoms with Gasteiger partial charge in [0.1, 0.15) is 5.75 Å². The van der Waals surface area contributed by atoms with Crippen LogP contribution in [0.3, 0.4) is 0 Å². The minimum atomic E-state index is 0.0495. The first-order valence-electron chi connectivity index (χ1n) is 9.63. The van der Waals surface area contributed by atoms with E-state index >= 15 is 0 Å². The number of carbonyl (C=O) groups is 1. The summed E-state index contributed by atoms with van der Waals surface area (Å²) in [6.07, 6.45) is 4.06. The van der Waals surface area contributed by atoms with Gasteiger partial charge in [-0.3, -0.25) is 9.58 Å². The molecule has 2 aliphatic rings. The molecule has 0 radical (unpaired) electrons. The lowest BCUT2D eigenvalue weighted by atomic mass is 10.1. The number of urea groups is 1. The van der Waals surface area contributed by atoms with E-state index in [1.165, 1.54) is 11.3 Å². The molecule has 2 amide bonds. The Morgan fingerprint density at radius 2 is 2.00 bits per heavy atom. The highest BCUT2D eigenvalue weighted by Gasteiger charge is 2.27. The van der Waals surface area contributed by atoms with Crippen molar-refractivity contribution in [3.8, 4) is 5.75 Å². The van der Waals surface area contributed by atoms with Gasteiger partial charge in [-0.1, -0.05) is 12.1 Å². The molecule has 7 heteroatoms. The predicted molar refractivity (Wildman–Crippen MR) is 103 cm³/mol. The van der Waals surface area contributed by atoms with Gasteiger partial charge in [-0.05, 0) is 36.6 Å². The van der Waals surface area contributed by atoms with E-state index in [0.717, 1.165) is 51.3 Å². The van der Waals surface area contributed by atoms with Crippen LogP contribution in [0.15, 0.2) is 36.5 Å². The van der Waals surface area contributed by atoms with Gasteiger partial charge in [0.05, 0.1) is 18.8 Å². The van der Waals surface area contributed by atoms with Crippen molar-refractivity contribution in [3.05, 3.63) is 47.8 Å². The minimum Gasteiger partial charge on any atom is -0.497 e. The van der Waals surface area contributed by atoms with Crippen molar-refractivity contribution in [2.24, 2.45) is 0 Å². The van der Waals surface area contributed by atoms with Crippen molar-refractivity contribution in [1.29, 1.82) is 0 Å². The summed E-state index contributed by atoms with van der Waals surface area (Å²) >= 11 is 0. The standard InChI is InChI=1S/C20H27N5O2/c1-27-19-6-4-16(5-7-19)13-23-14-17-8-9-22-25(17)18(15-23)12-21-20(26)24-10-2-3-11-24/h4-9,18H,2-3,10-15H2,1H3,(H,21,26). The number of likely N-dealkylation sites (tertiary alicyclic amines) is 1. The molecule has 1 fully saturated rings. The number of carbonyl (C=O) groups excluding carboxylic acids is 1. The molecule has 1 unspecified atom stereocenters. The van der Waals surface area contributed by atoms with Gasteiger partial charge in [0.25, 0.3) is 0 Å². The first-order valence-corrected chi connectivity index (χ1v) is 9.63. The zero-order chi connectivity index (χ0) is 18.6. The number of hydrogen-bond donors (Lipinski definition) is 1. The number of rotatable bonds is 5. The van der Waals surface area contributed by atoms with Gasteiger partial charge < -0.3 is 15.0 Å². The summed E-state index contributed by atoms with van der Waals surface area (Å²) in [5, 5.41) is 7.59. The van der Waals surface area contributed by atoms with Crippen LogP contribution in [-0.4, -0.2) is 58.9 Å². The van der Waals surface area contributed by atoms with Crippen molar-refractivity contribution in [2.75, 3.05) is 33.3 Å². The van der Waals surface area contributed by atoms with Crippen LogP contribution in [0.5, 0.6) is 5.75 Å². The number of hydrogen-bond acceptors (Lipinski definition) is 4. The Morgan fingerprint density at radius 1 is 1.22 bits per heavy atom. The van der Waals surface area contributed by atoms with E-state index in [4.69, 9.17) is 4.74 Å². The van der Waals surface area contributed by atoms with Crippen molar-refractivity contribution in [3.63, 3.8) is 0 Å². The van der Waals surface area contributed by atoms with Crippen LogP contribution < -0.4 is 10.1 Å². The highest BCUT2D eigenvalue weighted by molar-refractivity contribution is 5.74. The van der Waals surface area contributed by atoms with E-state index in [1.54, 1.807) is 7.11 Å². The monoisotopic (exact) mass is 369 g/mol. The highest BCUT2D eigenvalue weighted by Crippen LogP contribution is 2.22. The van der Waals surface area contributed by atoms with Gasteiger partial charge in [0.15, 0.2) is 0 Å². The lowest BCUT2D eigenvalue weighted by molar-refractivity contribution is 0.161. The van der Waals surface area contributed by atoms with E-state index in [1.807, 2.05) is 23.2 Å². The number of amides is 2. The molecule has 0 saturated carbocycles. The Balaban J connectivity index is 1.39. The van der Waals surface area contributed by atoms with Crippen LogP contribution >= 0.6 is 0 Å². The number of benzene rings is 1. The fraction of sp³-hybridized carbons (Fsp3) is 0.500. The van der Waals surface area contributed by atoms with Crippen molar-refractivity contribution in [1.82, 2.24) is 24.9 Å². The molecular weight excluding hydrogens is 342 g/mol. The quantitative estimate of drug-likeness (QED) is 0.878. The molecule has 144 valence electrons. The van der Waals surface area contributed by atoms with Crippen molar-refractivity contribution >= 4 is 6.03 Å². The minimum absolute atomic E-state index is 0.0495. The van der Waals surface area contributed by atoms with Crippen LogP contribution in [0.4, 0.5) is 4.79 Å². The number of fused-ring (bicyclic) bond motifs is 1. The van der Waals surface area contributed by atoms with Gasteiger partial charge in [0, 0.05) is 45.5 Å². The molecule has 2 aliphatic heterocycles. The maximum Gasteiger partial charge on any atom is 0.317 e. The maximum atomic E-state index is 12.3. The summed E-state index contributed by atoms with van der Waals surface area (Å²) in [7, 11) is 1.68. The van der Waals surface area contributed by atoms with E-state index in [0.29, 0.717) is 6.54 Å².